The summed E-state index contributed by atoms with van der Waals surface area (Å²) in [4.78, 5) is 30.3. The Bertz CT molecular complexity index is 1360. The molecule has 0 saturated carbocycles. The van der Waals surface area contributed by atoms with Gasteiger partial charge in [0.05, 0.1) is 6.61 Å². The summed E-state index contributed by atoms with van der Waals surface area (Å²) in [5.74, 6) is 1.47. The number of piperazine rings is 1. The molecule has 4 rings (SSSR count). The summed E-state index contributed by atoms with van der Waals surface area (Å²) >= 11 is 2.32. The van der Waals surface area contributed by atoms with Crippen LogP contribution in [0.2, 0.25) is 0 Å². The smallest absolute Gasteiger partial charge is 0.319 e. The average molecular weight is 714 g/mol. The van der Waals surface area contributed by atoms with E-state index in [4.69, 9.17) is 9.47 Å². The number of amides is 3. The second kappa shape index (κ2) is 16.6. The first-order valence-electron chi connectivity index (χ1n) is 15.4. The number of urea groups is 1. The first-order valence-corrected chi connectivity index (χ1v) is 16.6. The van der Waals surface area contributed by atoms with Crippen LogP contribution in [0.3, 0.4) is 0 Å². The molecular formula is C34H44IN5O4. The average Bonchev–Trinajstić information content (AvgIpc) is 3.02. The third-order valence-electron chi connectivity index (χ3n) is 7.69. The van der Waals surface area contributed by atoms with Crippen LogP contribution in [0.1, 0.15) is 50.0 Å². The standard InChI is InChI=1S/C34H44IN5O4/c1-5-30(24(4)35)38-34(42)37-28-14-17-31(32(22-28)43-7-3)44-29-15-12-27(13-16-29)36-33(41)26-10-8-25(9-11-26)23-40-20-18-39(6-2)19-21-40/h8-17,22,24,30H,5-7,18-21,23H2,1-4H3,(H,36,41)(H2,37,38,42). The van der Waals surface area contributed by atoms with Crippen molar-refractivity contribution < 1.29 is 19.1 Å². The fraction of sp³-hybridized carbons (Fsp3) is 0.412. The number of carbonyl (C=O) groups excluding carboxylic acids is 2. The highest BCUT2D eigenvalue weighted by molar-refractivity contribution is 14.1. The Hall–Kier alpha value is -3.35. The van der Waals surface area contributed by atoms with Gasteiger partial charge in [0.1, 0.15) is 5.75 Å². The second-order valence-corrected chi connectivity index (χ2v) is 12.8. The van der Waals surface area contributed by atoms with E-state index in [0.717, 1.165) is 45.7 Å². The number of hydrogen-bond donors (Lipinski definition) is 3. The molecule has 1 fully saturated rings. The molecular weight excluding hydrogens is 669 g/mol. The maximum Gasteiger partial charge on any atom is 0.319 e. The van der Waals surface area contributed by atoms with E-state index in [1.807, 2.05) is 31.2 Å². The van der Waals surface area contributed by atoms with Crippen molar-refractivity contribution >= 4 is 45.9 Å². The molecule has 1 aliphatic rings. The number of nitrogens with one attached hydrogen (secondary N) is 3. The Morgan fingerprint density at radius 1 is 0.841 bits per heavy atom. The molecule has 1 aliphatic heterocycles. The minimum Gasteiger partial charge on any atom is -0.490 e. The van der Waals surface area contributed by atoms with E-state index in [2.05, 4.69) is 69.1 Å². The maximum atomic E-state index is 12.9. The van der Waals surface area contributed by atoms with E-state index in [-0.39, 0.29) is 18.0 Å². The molecule has 0 aliphatic carbocycles. The van der Waals surface area contributed by atoms with Crippen molar-refractivity contribution in [2.24, 2.45) is 0 Å². The van der Waals surface area contributed by atoms with E-state index in [1.165, 1.54) is 5.56 Å². The molecule has 0 aromatic heterocycles. The zero-order valence-electron chi connectivity index (χ0n) is 26.1. The van der Waals surface area contributed by atoms with Gasteiger partial charge in [-0.2, -0.15) is 0 Å². The highest BCUT2D eigenvalue weighted by atomic mass is 127. The van der Waals surface area contributed by atoms with Crippen molar-refractivity contribution in [1.29, 1.82) is 0 Å². The summed E-state index contributed by atoms with van der Waals surface area (Å²) < 4.78 is 12.2. The quantitative estimate of drug-likeness (QED) is 0.131. The normalized spacial score (nSPS) is 15.2. The number of halogens is 1. The minimum absolute atomic E-state index is 0.0832. The Balaban J connectivity index is 1.31. The predicted octanol–water partition coefficient (Wildman–Crippen LogP) is 6.99. The molecule has 3 aromatic carbocycles. The number of likely N-dealkylation sites (N-methyl/N-ethyl adjacent to an activating group) is 1. The predicted molar refractivity (Wildman–Crippen MR) is 186 cm³/mol. The van der Waals surface area contributed by atoms with Crippen LogP contribution in [-0.4, -0.2) is 71.0 Å². The van der Waals surface area contributed by atoms with Crippen molar-refractivity contribution in [3.63, 3.8) is 0 Å². The van der Waals surface area contributed by atoms with Gasteiger partial charge >= 0.3 is 6.03 Å². The topological polar surface area (TPSA) is 95.2 Å². The fourth-order valence-electron chi connectivity index (χ4n) is 5.04. The van der Waals surface area contributed by atoms with Gasteiger partial charge in [0, 0.05) is 65.7 Å². The molecule has 10 heteroatoms. The third-order valence-corrected chi connectivity index (χ3v) is 8.55. The van der Waals surface area contributed by atoms with Crippen molar-refractivity contribution in [3.8, 4) is 17.2 Å². The number of nitrogens with zero attached hydrogens (tertiary/aromatic N) is 2. The number of rotatable bonds is 13. The zero-order chi connectivity index (χ0) is 31.5. The molecule has 3 aromatic rings. The Morgan fingerprint density at radius 2 is 1.50 bits per heavy atom. The van der Waals surface area contributed by atoms with E-state index in [0.29, 0.717) is 44.7 Å². The van der Waals surface area contributed by atoms with Crippen LogP contribution in [0.4, 0.5) is 16.2 Å². The molecule has 236 valence electrons. The number of ether oxygens (including phenoxy) is 2. The Morgan fingerprint density at radius 3 is 2.11 bits per heavy atom. The zero-order valence-corrected chi connectivity index (χ0v) is 28.2. The summed E-state index contributed by atoms with van der Waals surface area (Å²) in [5.41, 5.74) is 3.10. The van der Waals surface area contributed by atoms with Gasteiger partial charge in [-0.25, -0.2) is 4.79 Å². The van der Waals surface area contributed by atoms with Crippen LogP contribution < -0.4 is 25.4 Å². The van der Waals surface area contributed by atoms with E-state index in [9.17, 15) is 9.59 Å². The van der Waals surface area contributed by atoms with Crippen molar-refractivity contribution in [2.75, 3.05) is 50.0 Å². The van der Waals surface area contributed by atoms with Gasteiger partial charge in [0.25, 0.3) is 5.91 Å². The van der Waals surface area contributed by atoms with Crippen LogP contribution in [0.5, 0.6) is 17.2 Å². The summed E-state index contributed by atoms with van der Waals surface area (Å²) in [6, 6.07) is 20.1. The maximum absolute atomic E-state index is 12.9. The summed E-state index contributed by atoms with van der Waals surface area (Å²) in [6.45, 7) is 15.0. The van der Waals surface area contributed by atoms with Gasteiger partial charge in [-0.15, -0.1) is 0 Å². The summed E-state index contributed by atoms with van der Waals surface area (Å²) in [5, 5.41) is 8.85. The largest absolute Gasteiger partial charge is 0.490 e. The Kier molecular flexibility index (Phi) is 12.7. The van der Waals surface area contributed by atoms with Gasteiger partial charge in [-0.3, -0.25) is 9.69 Å². The molecule has 2 unspecified atom stereocenters. The van der Waals surface area contributed by atoms with Gasteiger partial charge in [0.15, 0.2) is 11.5 Å². The van der Waals surface area contributed by atoms with Crippen LogP contribution in [-0.2, 0) is 6.54 Å². The summed E-state index contributed by atoms with van der Waals surface area (Å²) in [6.07, 6.45) is 0.849. The van der Waals surface area contributed by atoms with Crippen molar-refractivity contribution in [1.82, 2.24) is 15.1 Å². The van der Waals surface area contributed by atoms with Crippen LogP contribution in [0.25, 0.3) is 0 Å². The van der Waals surface area contributed by atoms with E-state index < -0.39 is 0 Å². The number of anilines is 2. The van der Waals surface area contributed by atoms with Gasteiger partial charge < -0.3 is 30.3 Å². The van der Waals surface area contributed by atoms with Gasteiger partial charge in [-0.05, 0) is 74.0 Å². The first kappa shape index (κ1) is 33.5. The lowest BCUT2D eigenvalue weighted by Crippen LogP contribution is -2.45. The Labute approximate surface area is 274 Å². The minimum atomic E-state index is -0.258. The SMILES string of the molecule is CCOc1cc(NC(=O)NC(CC)C(C)I)ccc1Oc1ccc(NC(=O)c2ccc(CN3CCN(CC)CC3)cc2)cc1. The molecule has 3 N–H and O–H groups in total. The molecule has 9 nitrogen and oxygen atoms in total. The van der Waals surface area contributed by atoms with Crippen LogP contribution in [0, 0.1) is 0 Å². The molecule has 1 saturated heterocycles. The van der Waals surface area contributed by atoms with Crippen LogP contribution in [0.15, 0.2) is 66.7 Å². The first-order chi connectivity index (χ1) is 21.3. The second-order valence-electron chi connectivity index (χ2n) is 10.9. The molecule has 44 heavy (non-hydrogen) atoms. The van der Waals surface area contributed by atoms with Crippen molar-refractivity contribution in [3.05, 3.63) is 77.9 Å². The molecule has 0 bridgehead atoms. The monoisotopic (exact) mass is 713 g/mol. The highest BCUT2D eigenvalue weighted by Crippen LogP contribution is 2.34. The fourth-order valence-corrected chi connectivity index (χ4v) is 5.72. The molecule has 0 spiro atoms. The van der Waals surface area contributed by atoms with E-state index >= 15 is 0 Å². The number of alkyl halides is 1. The van der Waals surface area contributed by atoms with Crippen molar-refractivity contribution in [2.45, 2.75) is 50.6 Å². The number of benzene rings is 3. The molecule has 1 heterocycles. The highest BCUT2D eigenvalue weighted by Gasteiger charge is 2.17. The van der Waals surface area contributed by atoms with Crippen LogP contribution >= 0.6 is 22.6 Å². The van der Waals surface area contributed by atoms with Gasteiger partial charge in [0.2, 0.25) is 0 Å². The number of carbonyl (C=O) groups is 2. The van der Waals surface area contributed by atoms with E-state index in [1.54, 1.807) is 42.5 Å². The molecule has 2 atom stereocenters. The summed E-state index contributed by atoms with van der Waals surface area (Å²) in [7, 11) is 0. The molecule has 0 radical (unpaired) electrons. The lowest BCUT2D eigenvalue weighted by molar-refractivity contribution is 0.102. The lowest BCUT2D eigenvalue weighted by Gasteiger charge is -2.34. The number of hydrogen-bond acceptors (Lipinski definition) is 6. The van der Waals surface area contributed by atoms with Gasteiger partial charge in [-0.1, -0.05) is 55.5 Å². The third kappa shape index (κ3) is 9.83. The lowest BCUT2D eigenvalue weighted by atomic mass is 10.1. The molecule has 3 amide bonds.